The lowest BCUT2D eigenvalue weighted by Crippen LogP contribution is -2.30. The minimum atomic E-state index is -1.26. The fraction of sp³-hybridized carbons (Fsp3) is 0.0800. The Morgan fingerprint density at radius 3 is 2.14 bits per heavy atom. The summed E-state index contributed by atoms with van der Waals surface area (Å²) in [6.07, 6.45) is 3.84. The lowest BCUT2D eigenvalue weighted by atomic mass is 10.1. The number of carboxylic acid groups (broad SMARTS) is 2. The number of carbonyl (C=O) groups is 4. The molecule has 11 heteroatoms. The molecule has 0 spiro atoms. The molecule has 0 saturated heterocycles. The first kappa shape index (κ1) is 27.1. The molecule has 0 aliphatic rings. The maximum Gasteiger partial charge on any atom is 0.414 e. The van der Waals surface area contributed by atoms with E-state index in [2.05, 4.69) is 10.3 Å². The zero-order chi connectivity index (χ0) is 26.5. The Kier molecular flexibility index (Phi) is 10.1. The third-order valence-corrected chi connectivity index (χ3v) is 4.49. The number of rotatable bonds is 7. The van der Waals surface area contributed by atoms with Crippen molar-refractivity contribution < 1.29 is 34.1 Å². The van der Waals surface area contributed by atoms with E-state index >= 15 is 0 Å². The van der Waals surface area contributed by atoms with Gasteiger partial charge in [0.2, 0.25) is 0 Å². The number of benzene rings is 2. The Hall–Kier alpha value is -5.19. The second-order valence-electron chi connectivity index (χ2n) is 7.02. The van der Waals surface area contributed by atoms with E-state index in [-0.39, 0.29) is 12.5 Å². The monoisotopic (exact) mass is 492 g/mol. The van der Waals surface area contributed by atoms with Gasteiger partial charge in [0.25, 0.3) is 5.91 Å². The Morgan fingerprint density at radius 1 is 0.972 bits per heavy atom. The highest BCUT2D eigenvalue weighted by Gasteiger charge is 2.17. The lowest BCUT2D eigenvalue weighted by Gasteiger charge is -2.21. The molecule has 36 heavy (non-hydrogen) atoms. The van der Waals surface area contributed by atoms with Crippen molar-refractivity contribution in [2.75, 3.05) is 23.1 Å². The highest BCUT2D eigenvalue weighted by Crippen LogP contribution is 2.20. The Labute approximate surface area is 206 Å². The van der Waals surface area contributed by atoms with Gasteiger partial charge >= 0.3 is 18.0 Å². The number of methoxy groups -OCH3 is 1. The van der Waals surface area contributed by atoms with Crippen molar-refractivity contribution in [3.63, 3.8) is 0 Å². The molecule has 0 saturated carbocycles. The number of nitrogens with zero attached hydrogens (tertiary/aromatic N) is 2. The predicted octanol–water partition coefficient (Wildman–Crippen LogP) is 3.40. The summed E-state index contributed by atoms with van der Waals surface area (Å²) < 4.78 is 4.86. The van der Waals surface area contributed by atoms with Crippen LogP contribution in [0.25, 0.3) is 0 Å². The number of pyridine rings is 1. The average molecular weight is 492 g/mol. The van der Waals surface area contributed by atoms with Crippen molar-refractivity contribution in [3.8, 4) is 0 Å². The molecule has 0 aliphatic carbocycles. The van der Waals surface area contributed by atoms with Gasteiger partial charge in [-0.2, -0.15) is 0 Å². The summed E-state index contributed by atoms with van der Waals surface area (Å²) >= 11 is 0. The number of nitrogens with two attached hydrogens (primary N) is 1. The number of hydrogen-bond acceptors (Lipinski definition) is 7. The van der Waals surface area contributed by atoms with Crippen molar-refractivity contribution >= 4 is 41.0 Å². The molecule has 2 aromatic carbocycles. The first-order valence-corrected chi connectivity index (χ1v) is 10.4. The molecule has 3 aromatic rings. The van der Waals surface area contributed by atoms with Crippen LogP contribution in [0.15, 0.2) is 85.2 Å². The zero-order valence-electron chi connectivity index (χ0n) is 19.2. The first-order chi connectivity index (χ1) is 17.2. The Balaban J connectivity index is 0.000000493. The van der Waals surface area contributed by atoms with Gasteiger partial charge in [0, 0.05) is 23.9 Å². The molecule has 0 fully saturated rings. The van der Waals surface area contributed by atoms with E-state index in [0.717, 1.165) is 5.56 Å². The maximum atomic E-state index is 12.4. The van der Waals surface area contributed by atoms with Crippen molar-refractivity contribution in [2.45, 2.75) is 6.54 Å². The van der Waals surface area contributed by atoms with Crippen LogP contribution in [-0.2, 0) is 20.9 Å². The van der Waals surface area contributed by atoms with Crippen LogP contribution in [0, 0.1) is 0 Å². The SMILES string of the molecule is COC(=O)N(Cc1ccc(C(=O)Nc2ccccc2N)cc1)c1cccnc1.O=C(O)C=CC(=O)O. The molecule has 0 unspecified atom stereocenters. The zero-order valence-corrected chi connectivity index (χ0v) is 19.2. The molecular weight excluding hydrogens is 468 g/mol. The fourth-order valence-corrected chi connectivity index (χ4v) is 2.78. The summed E-state index contributed by atoms with van der Waals surface area (Å²) in [6, 6.07) is 17.5. The van der Waals surface area contributed by atoms with Crippen LogP contribution in [0.1, 0.15) is 15.9 Å². The largest absolute Gasteiger partial charge is 0.478 e. The summed E-state index contributed by atoms with van der Waals surface area (Å²) in [5.41, 5.74) is 8.85. The number of carboxylic acids is 2. The van der Waals surface area contributed by atoms with E-state index in [1.165, 1.54) is 12.0 Å². The van der Waals surface area contributed by atoms with Gasteiger partial charge in [-0.1, -0.05) is 24.3 Å². The summed E-state index contributed by atoms with van der Waals surface area (Å²) in [6.45, 7) is 0.284. The van der Waals surface area contributed by atoms with Crippen LogP contribution < -0.4 is 16.0 Å². The third kappa shape index (κ3) is 8.63. The number of aliphatic carboxylic acids is 2. The van der Waals surface area contributed by atoms with Gasteiger partial charge in [0.05, 0.1) is 36.9 Å². The second kappa shape index (κ2) is 13.5. The number of anilines is 3. The summed E-state index contributed by atoms with van der Waals surface area (Å²) in [5, 5.41) is 18.4. The van der Waals surface area contributed by atoms with Crippen molar-refractivity contribution in [2.24, 2.45) is 0 Å². The highest BCUT2D eigenvalue weighted by molar-refractivity contribution is 6.05. The number of carbonyl (C=O) groups excluding carboxylic acids is 2. The first-order valence-electron chi connectivity index (χ1n) is 10.4. The van der Waals surface area contributed by atoms with E-state index in [0.29, 0.717) is 34.8 Å². The minimum Gasteiger partial charge on any atom is -0.478 e. The van der Waals surface area contributed by atoms with E-state index in [1.807, 2.05) is 0 Å². The number of amides is 2. The van der Waals surface area contributed by atoms with Crippen molar-refractivity contribution in [1.29, 1.82) is 0 Å². The quantitative estimate of drug-likeness (QED) is 0.285. The van der Waals surface area contributed by atoms with Gasteiger partial charge in [0.15, 0.2) is 0 Å². The molecule has 1 aromatic heterocycles. The number of ether oxygens (including phenoxy) is 1. The van der Waals surface area contributed by atoms with E-state index in [9.17, 15) is 19.2 Å². The smallest absolute Gasteiger partial charge is 0.414 e. The van der Waals surface area contributed by atoms with E-state index in [4.69, 9.17) is 20.7 Å². The maximum absolute atomic E-state index is 12.4. The second-order valence-corrected chi connectivity index (χ2v) is 7.02. The van der Waals surface area contributed by atoms with Crippen molar-refractivity contribution in [3.05, 3.63) is 96.3 Å². The highest BCUT2D eigenvalue weighted by atomic mass is 16.5. The van der Waals surface area contributed by atoms with Crippen LogP contribution >= 0.6 is 0 Å². The van der Waals surface area contributed by atoms with Gasteiger partial charge in [0.1, 0.15) is 0 Å². The van der Waals surface area contributed by atoms with E-state index < -0.39 is 18.0 Å². The van der Waals surface area contributed by atoms with Crippen LogP contribution in [0.3, 0.4) is 0 Å². The molecule has 3 rings (SSSR count). The molecule has 0 radical (unpaired) electrons. The number of aromatic nitrogens is 1. The number of nitrogens with one attached hydrogen (secondary N) is 1. The Morgan fingerprint density at radius 2 is 1.61 bits per heavy atom. The van der Waals surface area contributed by atoms with Gasteiger partial charge in [-0.15, -0.1) is 0 Å². The van der Waals surface area contributed by atoms with Gasteiger partial charge < -0.3 is 26.0 Å². The molecule has 186 valence electrons. The summed E-state index contributed by atoms with van der Waals surface area (Å²) in [4.78, 5) is 49.2. The predicted molar refractivity (Wildman–Crippen MR) is 132 cm³/mol. The topological polar surface area (TPSA) is 172 Å². The van der Waals surface area contributed by atoms with Crippen LogP contribution in [-0.4, -0.2) is 46.2 Å². The van der Waals surface area contributed by atoms with Crippen molar-refractivity contribution in [1.82, 2.24) is 4.98 Å². The normalized spacial score (nSPS) is 10.0. The van der Waals surface area contributed by atoms with Crippen LogP contribution in [0.4, 0.5) is 21.9 Å². The van der Waals surface area contributed by atoms with Crippen LogP contribution in [0.2, 0.25) is 0 Å². The summed E-state index contributed by atoms with van der Waals surface area (Å²) in [7, 11) is 1.33. The summed E-state index contributed by atoms with van der Waals surface area (Å²) in [5.74, 6) is -2.78. The number of hydrogen-bond donors (Lipinski definition) is 4. The number of para-hydroxylation sites is 2. The van der Waals surface area contributed by atoms with Gasteiger partial charge in [-0.3, -0.25) is 14.7 Å². The molecule has 2 amide bonds. The van der Waals surface area contributed by atoms with Gasteiger partial charge in [-0.25, -0.2) is 14.4 Å². The van der Waals surface area contributed by atoms with Crippen LogP contribution in [0.5, 0.6) is 0 Å². The molecule has 5 N–H and O–H groups in total. The average Bonchev–Trinajstić information content (AvgIpc) is 2.88. The lowest BCUT2D eigenvalue weighted by molar-refractivity contribution is -0.134. The molecular formula is C25H24N4O7. The Bertz CT molecular complexity index is 1210. The van der Waals surface area contributed by atoms with E-state index in [1.54, 1.807) is 73.1 Å². The fourth-order valence-electron chi connectivity index (χ4n) is 2.78. The molecule has 1 heterocycles. The minimum absolute atomic E-state index is 0.262. The molecule has 0 bridgehead atoms. The van der Waals surface area contributed by atoms with Gasteiger partial charge in [-0.05, 0) is 42.0 Å². The third-order valence-electron chi connectivity index (χ3n) is 4.49. The molecule has 0 aliphatic heterocycles. The molecule has 0 atom stereocenters. The number of nitrogen functional groups attached to an aromatic ring is 1. The molecule has 11 nitrogen and oxygen atoms in total. The standard InChI is InChI=1S/C21H20N4O3.C4H4O4/c1-28-21(27)25(17-5-4-12-23-13-17)14-15-8-10-16(11-9-15)20(26)24-19-7-3-2-6-18(19)22;5-3(6)1-2-4(7)8/h2-13H,14,22H2,1H3,(H,24,26);1-2H,(H,5,6)(H,7,8).